The molecule has 0 bridgehead atoms. The Kier molecular flexibility index (Phi) is 7.39. The van der Waals surface area contributed by atoms with E-state index in [1.54, 1.807) is 49.5 Å². The van der Waals surface area contributed by atoms with Gasteiger partial charge < -0.3 is 15.0 Å². The van der Waals surface area contributed by atoms with E-state index in [-0.39, 0.29) is 23.4 Å². The van der Waals surface area contributed by atoms with E-state index in [9.17, 15) is 14.4 Å². The second-order valence-electron chi connectivity index (χ2n) is 7.54. The van der Waals surface area contributed by atoms with Gasteiger partial charge in [0.15, 0.2) is 6.61 Å². The van der Waals surface area contributed by atoms with E-state index in [4.69, 9.17) is 4.74 Å². The highest BCUT2D eigenvalue weighted by Crippen LogP contribution is 2.20. The molecule has 3 aromatic rings. The maximum atomic E-state index is 12.7. The molecule has 0 spiro atoms. The van der Waals surface area contributed by atoms with Gasteiger partial charge in [-0.2, -0.15) is 0 Å². The monoisotopic (exact) mass is 430 g/mol. The summed E-state index contributed by atoms with van der Waals surface area (Å²) in [5.41, 5.74) is 2.93. The Labute approximate surface area is 187 Å². The van der Waals surface area contributed by atoms with Crippen LogP contribution in [0.25, 0.3) is 0 Å². The number of esters is 1. The third-order valence-electron chi connectivity index (χ3n) is 5.26. The molecule has 6 heteroatoms. The first kappa shape index (κ1) is 22.7. The number of amides is 2. The number of carbonyl (C=O) groups is 3. The van der Waals surface area contributed by atoms with E-state index in [0.29, 0.717) is 11.3 Å². The number of ether oxygens (including phenoxy) is 1. The summed E-state index contributed by atoms with van der Waals surface area (Å²) < 4.78 is 5.26. The van der Waals surface area contributed by atoms with Crippen LogP contribution in [-0.4, -0.2) is 36.3 Å². The smallest absolute Gasteiger partial charge is 0.340 e. The number of benzene rings is 3. The Balaban J connectivity index is 1.64. The van der Waals surface area contributed by atoms with Crippen molar-refractivity contribution in [3.63, 3.8) is 0 Å². The molecule has 3 aromatic carbocycles. The van der Waals surface area contributed by atoms with Crippen molar-refractivity contribution in [2.24, 2.45) is 0 Å². The van der Waals surface area contributed by atoms with Crippen molar-refractivity contribution in [2.45, 2.75) is 19.9 Å². The molecule has 0 saturated heterocycles. The molecule has 32 heavy (non-hydrogen) atoms. The molecule has 164 valence electrons. The van der Waals surface area contributed by atoms with Gasteiger partial charge in [-0.1, -0.05) is 60.2 Å². The van der Waals surface area contributed by atoms with Crippen molar-refractivity contribution in [3.8, 4) is 0 Å². The minimum atomic E-state index is -0.681. The molecular weight excluding hydrogens is 404 g/mol. The van der Waals surface area contributed by atoms with Gasteiger partial charge in [-0.3, -0.25) is 9.59 Å². The fourth-order valence-corrected chi connectivity index (χ4v) is 3.23. The summed E-state index contributed by atoms with van der Waals surface area (Å²) in [4.78, 5) is 39.3. The molecular formula is C26H26N2O4. The third-order valence-corrected chi connectivity index (χ3v) is 5.26. The molecule has 3 rings (SSSR count). The predicted molar refractivity (Wildman–Crippen MR) is 123 cm³/mol. The number of nitrogens with zero attached hydrogens (tertiary/aromatic N) is 1. The van der Waals surface area contributed by atoms with Crippen LogP contribution >= 0.6 is 0 Å². The lowest BCUT2D eigenvalue weighted by atomic mass is 10.1. The lowest BCUT2D eigenvalue weighted by Crippen LogP contribution is -2.33. The summed E-state index contributed by atoms with van der Waals surface area (Å²) >= 11 is 0. The number of anilines is 1. The molecule has 0 heterocycles. The van der Waals surface area contributed by atoms with E-state index >= 15 is 0 Å². The van der Waals surface area contributed by atoms with Gasteiger partial charge in [-0.25, -0.2) is 4.79 Å². The number of para-hydroxylation sites is 1. The average molecular weight is 431 g/mol. The second kappa shape index (κ2) is 10.4. The normalized spacial score (nSPS) is 11.3. The quantitative estimate of drug-likeness (QED) is 0.555. The van der Waals surface area contributed by atoms with Gasteiger partial charge in [0.1, 0.15) is 0 Å². The fraction of sp³-hybridized carbons (Fsp3) is 0.192. The lowest BCUT2D eigenvalue weighted by molar-refractivity contribution is -0.135. The summed E-state index contributed by atoms with van der Waals surface area (Å²) in [6.07, 6.45) is 0. The number of likely N-dealkylation sites (N-methyl/N-ethyl adjacent to an activating group) is 1. The van der Waals surface area contributed by atoms with Gasteiger partial charge in [0.05, 0.1) is 17.3 Å². The van der Waals surface area contributed by atoms with Gasteiger partial charge >= 0.3 is 5.97 Å². The van der Waals surface area contributed by atoms with Crippen molar-refractivity contribution < 1.29 is 19.1 Å². The Bertz CT molecular complexity index is 1110. The first-order valence-electron chi connectivity index (χ1n) is 10.3. The third kappa shape index (κ3) is 5.60. The first-order chi connectivity index (χ1) is 15.4. The number of hydrogen-bond acceptors (Lipinski definition) is 4. The van der Waals surface area contributed by atoms with Crippen molar-refractivity contribution in [2.75, 3.05) is 19.0 Å². The van der Waals surface area contributed by atoms with Gasteiger partial charge in [-0.05, 0) is 43.7 Å². The van der Waals surface area contributed by atoms with Crippen LogP contribution in [0.1, 0.15) is 44.8 Å². The second-order valence-corrected chi connectivity index (χ2v) is 7.54. The van der Waals surface area contributed by atoms with E-state index in [2.05, 4.69) is 5.32 Å². The highest BCUT2D eigenvalue weighted by molar-refractivity contribution is 6.08. The van der Waals surface area contributed by atoms with Crippen LogP contribution in [0.4, 0.5) is 5.69 Å². The maximum Gasteiger partial charge on any atom is 0.340 e. The number of hydrogen-bond donors (Lipinski definition) is 1. The number of rotatable bonds is 7. The minimum absolute atomic E-state index is 0.164. The minimum Gasteiger partial charge on any atom is -0.452 e. The molecule has 2 amide bonds. The van der Waals surface area contributed by atoms with Gasteiger partial charge in [-0.15, -0.1) is 0 Å². The molecule has 1 atom stereocenters. The zero-order chi connectivity index (χ0) is 23.1. The Hall–Kier alpha value is -3.93. The van der Waals surface area contributed by atoms with Crippen LogP contribution in [0.2, 0.25) is 0 Å². The SMILES string of the molecule is Cc1cccc(C(=O)Nc2ccccc2C(=O)OCC(=O)N(C)C(C)c2ccccc2)c1. The molecule has 0 radical (unpaired) electrons. The number of aryl methyl sites for hydroxylation is 1. The summed E-state index contributed by atoms with van der Waals surface area (Å²) in [5.74, 6) is -1.34. The van der Waals surface area contributed by atoms with Crippen molar-refractivity contribution in [3.05, 3.63) is 101 Å². The van der Waals surface area contributed by atoms with Gasteiger partial charge in [0.25, 0.3) is 11.8 Å². The fourth-order valence-electron chi connectivity index (χ4n) is 3.23. The maximum absolute atomic E-state index is 12.7. The van der Waals surface area contributed by atoms with E-state index < -0.39 is 12.6 Å². The standard InChI is InChI=1S/C26H26N2O4/c1-18-10-9-13-21(16-18)25(30)27-23-15-8-7-14-22(23)26(31)32-17-24(29)28(3)19(2)20-11-5-4-6-12-20/h4-16,19H,17H2,1-3H3,(H,27,30). The molecule has 1 unspecified atom stereocenters. The van der Waals surface area contributed by atoms with Crippen LogP contribution in [0.15, 0.2) is 78.9 Å². The van der Waals surface area contributed by atoms with Crippen LogP contribution in [-0.2, 0) is 9.53 Å². The van der Waals surface area contributed by atoms with Crippen molar-refractivity contribution in [1.82, 2.24) is 4.90 Å². The van der Waals surface area contributed by atoms with Crippen molar-refractivity contribution in [1.29, 1.82) is 0 Å². The first-order valence-corrected chi connectivity index (χ1v) is 10.3. The van der Waals surface area contributed by atoms with Crippen LogP contribution in [0, 0.1) is 6.92 Å². The Morgan fingerprint density at radius 3 is 2.34 bits per heavy atom. The van der Waals surface area contributed by atoms with Gasteiger partial charge in [0, 0.05) is 12.6 Å². The largest absolute Gasteiger partial charge is 0.452 e. The van der Waals surface area contributed by atoms with Crippen LogP contribution in [0.5, 0.6) is 0 Å². The highest BCUT2D eigenvalue weighted by atomic mass is 16.5. The summed E-state index contributed by atoms with van der Waals surface area (Å²) in [7, 11) is 1.67. The topological polar surface area (TPSA) is 75.7 Å². The Morgan fingerprint density at radius 2 is 1.62 bits per heavy atom. The predicted octanol–water partition coefficient (Wildman–Crippen LogP) is 4.62. The summed E-state index contributed by atoms with van der Waals surface area (Å²) in [5, 5.41) is 2.75. The average Bonchev–Trinajstić information content (AvgIpc) is 2.82. The molecule has 1 N–H and O–H groups in total. The molecule has 0 saturated carbocycles. The molecule has 0 aliphatic heterocycles. The van der Waals surface area contributed by atoms with E-state index in [1.165, 1.54) is 4.90 Å². The molecule has 0 fully saturated rings. The highest BCUT2D eigenvalue weighted by Gasteiger charge is 2.21. The zero-order valence-electron chi connectivity index (χ0n) is 18.4. The molecule has 0 aromatic heterocycles. The number of carbonyl (C=O) groups excluding carboxylic acids is 3. The summed E-state index contributed by atoms with van der Waals surface area (Å²) in [6, 6.07) is 23.2. The zero-order valence-corrected chi connectivity index (χ0v) is 18.4. The summed E-state index contributed by atoms with van der Waals surface area (Å²) in [6.45, 7) is 3.41. The number of nitrogens with one attached hydrogen (secondary N) is 1. The van der Waals surface area contributed by atoms with Gasteiger partial charge in [0.2, 0.25) is 0 Å². The molecule has 0 aliphatic rings. The lowest BCUT2D eigenvalue weighted by Gasteiger charge is -2.25. The van der Waals surface area contributed by atoms with Crippen LogP contribution < -0.4 is 5.32 Å². The molecule has 0 aliphatic carbocycles. The van der Waals surface area contributed by atoms with E-state index in [1.807, 2.05) is 50.2 Å². The van der Waals surface area contributed by atoms with Crippen molar-refractivity contribution >= 4 is 23.5 Å². The molecule has 6 nitrogen and oxygen atoms in total. The van der Waals surface area contributed by atoms with Crippen LogP contribution in [0.3, 0.4) is 0 Å². The van der Waals surface area contributed by atoms with E-state index in [0.717, 1.165) is 11.1 Å². The Morgan fingerprint density at radius 1 is 0.938 bits per heavy atom.